The molecule has 7 nitrogen and oxygen atoms in total. The van der Waals surface area contributed by atoms with Crippen molar-refractivity contribution in [3.63, 3.8) is 0 Å². The minimum Gasteiger partial charge on any atom is -0.362 e. The molecule has 2 fully saturated rings. The lowest BCUT2D eigenvalue weighted by Crippen LogP contribution is -2.57. The highest BCUT2D eigenvalue weighted by Crippen LogP contribution is 2.43. The maximum atomic E-state index is 13.8. The lowest BCUT2D eigenvalue weighted by molar-refractivity contribution is 0.129. The number of piperazine rings is 1. The van der Waals surface area contributed by atoms with E-state index in [4.69, 9.17) is 11.6 Å². The predicted molar refractivity (Wildman–Crippen MR) is 149 cm³/mol. The van der Waals surface area contributed by atoms with Crippen molar-refractivity contribution in [2.24, 2.45) is 7.05 Å². The van der Waals surface area contributed by atoms with Crippen molar-refractivity contribution in [2.75, 3.05) is 18.0 Å². The third-order valence-electron chi connectivity index (χ3n) is 7.80. The number of halogens is 1. The number of hydrogen-bond donors (Lipinski definition) is 0. The van der Waals surface area contributed by atoms with E-state index in [9.17, 15) is 9.18 Å². The average Bonchev–Trinajstić information content (AvgIpc) is 3.66. The van der Waals surface area contributed by atoms with Crippen LogP contribution in [-0.2, 0) is 7.05 Å². The van der Waals surface area contributed by atoms with E-state index in [0.717, 1.165) is 22.8 Å². The molecule has 1 saturated heterocycles. The molecule has 0 amide bonds. The van der Waals surface area contributed by atoms with Crippen molar-refractivity contribution >= 4 is 33.9 Å². The normalized spacial score (nSPS) is 21.0. The summed E-state index contributed by atoms with van der Waals surface area (Å²) in [5.41, 5.74) is 4.23. The van der Waals surface area contributed by atoms with E-state index in [1.165, 1.54) is 30.7 Å². The van der Waals surface area contributed by atoms with Crippen LogP contribution in [0.2, 0.25) is 0 Å². The van der Waals surface area contributed by atoms with Gasteiger partial charge in [0.15, 0.2) is 0 Å². The molecule has 4 heterocycles. The molecule has 0 radical (unpaired) electrons. The first-order valence-electron chi connectivity index (χ1n) is 13.0. The van der Waals surface area contributed by atoms with Crippen molar-refractivity contribution in [3.8, 4) is 0 Å². The Morgan fingerprint density at radius 1 is 1.08 bits per heavy atom. The molecule has 0 spiro atoms. The van der Waals surface area contributed by atoms with E-state index >= 15 is 0 Å². The van der Waals surface area contributed by atoms with E-state index < -0.39 is 0 Å². The molecule has 6 rings (SSSR count). The average molecular weight is 529 g/mol. The van der Waals surface area contributed by atoms with Gasteiger partial charge in [0.1, 0.15) is 10.8 Å². The maximum Gasteiger partial charge on any atom is 0.270 e. The number of hydrogen-bond acceptors (Lipinski definition) is 6. The van der Waals surface area contributed by atoms with E-state index in [1.807, 2.05) is 12.1 Å². The van der Waals surface area contributed by atoms with Gasteiger partial charge in [0.2, 0.25) is 5.52 Å². The molecule has 9 heteroatoms. The van der Waals surface area contributed by atoms with Crippen LogP contribution in [0.5, 0.6) is 0 Å². The van der Waals surface area contributed by atoms with Gasteiger partial charge in [0.25, 0.3) is 11.4 Å². The highest BCUT2D eigenvalue weighted by Gasteiger charge is 2.38. The molecule has 1 aliphatic heterocycles. The largest absolute Gasteiger partial charge is 0.362 e. The third kappa shape index (κ3) is 4.38. The fourth-order valence-electron chi connectivity index (χ4n) is 5.55. The van der Waals surface area contributed by atoms with Crippen molar-refractivity contribution in [1.82, 2.24) is 19.4 Å². The van der Waals surface area contributed by atoms with Gasteiger partial charge in [-0.3, -0.25) is 9.69 Å². The topological polar surface area (TPSA) is 58.6 Å². The second-order valence-corrected chi connectivity index (χ2v) is 11.4. The van der Waals surface area contributed by atoms with E-state index in [2.05, 4.69) is 38.9 Å². The fraction of sp³-hybridized carbons (Fsp3) is 0.379. The Kier molecular flexibility index (Phi) is 6.25. The summed E-state index contributed by atoms with van der Waals surface area (Å²) in [5.74, 6) is 0.632. The molecular formula is C29H29FN6OS. The van der Waals surface area contributed by atoms with Crippen LogP contribution in [0.4, 0.5) is 15.9 Å². The number of thiazole rings is 1. The molecule has 38 heavy (non-hydrogen) atoms. The zero-order valence-electron chi connectivity index (χ0n) is 21.6. The van der Waals surface area contributed by atoms with Crippen LogP contribution in [0.1, 0.15) is 54.9 Å². The number of fused-ring (bicyclic) bond motifs is 1. The number of nitrogens with zero attached hydrogens (tertiary/aromatic N) is 6. The second kappa shape index (κ2) is 9.61. The molecular weight excluding hydrogens is 499 g/mol. The summed E-state index contributed by atoms with van der Waals surface area (Å²) in [6.45, 7) is 13.2. The van der Waals surface area contributed by atoms with Crippen molar-refractivity contribution in [2.45, 2.75) is 50.7 Å². The number of rotatable bonds is 5. The summed E-state index contributed by atoms with van der Waals surface area (Å²) < 4.78 is 15.4. The predicted octanol–water partition coefficient (Wildman–Crippen LogP) is 5.65. The third-order valence-corrected chi connectivity index (χ3v) is 8.71. The minimum absolute atomic E-state index is 0.0608. The van der Waals surface area contributed by atoms with Gasteiger partial charge in [-0.15, -0.1) is 16.3 Å². The summed E-state index contributed by atoms with van der Waals surface area (Å²) in [4.78, 5) is 30.7. The van der Waals surface area contributed by atoms with Crippen LogP contribution < -0.4 is 10.5 Å². The molecule has 1 unspecified atom stereocenters. The van der Waals surface area contributed by atoms with Crippen LogP contribution in [-0.4, -0.2) is 44.6 Å². The minimum atomic E-state index is -0.250. The highest BCUT2D eigenvalue weighted by molar-refractivity contribution is 7.09. The molecule has 0 N–H and O–H groups in total. The first kappa shape index (κ1) is 24.7. The molecule has 3 atom stereocenters. The van der Waals surface area contributed by atoms with Gasteiger partial charge in [-0.05, 0) is 56.5 Å². The quantitative estimate of drug-likeness (QED) is 0.314. The molecule has 0 bridgehead atoms. The van der Waals surface area contributed by atoms with Gasteiger partial charge in [0, 0.05) is 49.6 Å². The van der Waals surface area contributed by atoms with Gasteiger partial charge >= 0.3 is 0 Å². The molecule has 2 aliphatic rings. The summed E-state index contributed by atoms with van der Waals surface area (Å²) >= 11 is 1.69. The van der Waals surface area contributed by atoms with E-state index in [1.54, 1.807) is 41.2 Å². The van der Waals surface area contributed by atoms with Gasteiger partial charge in [0.05, 0.1) is 22.9 Å². The number of aryl methyl sites for hydroxylation is 1. The highest BCUT2D eigenvalue weighted by atomic mass is 32.1. The van der Waals surface area contributed by atoms with Crippen LogP contribution in [0.15, 0.2) is 52.6 Å². The summed E-state index contributed by atoms with van der Waals surface area (Å²) in [6, 6.07) is 12.0. The first-order chi connectivity index (χ1) is 18.3. The Labute approximate surface area is 225 Å². The zero-order chi connectivity index (χ0) is 26.6. The monoisotopic (exact) mass is 528 g/mol. The molecule has 194 valence electrons. The van der Waals surface area contributed by atoms with Crippen molar-refractivity contribution in [3.05, 3.63) is 91.7 Å². The standard InChI is InChI=1S/C29H29FN6OS/c1-17-15-36(28(20-7-9-21(30)10-8-20)29-32-22(16-38-29)19-5-6-19)18(2)14-35(17)24-13-26(37)34(4)23-11-12-25(31-3)33-27(23)24/h7-13,16-19,28H,5-6,14-15H2,1-2,4H3/t17-,18+,28?/m0/s1. The van der Waals surface area contributed by atoms with Gasteiger partial charge < -0.3 is 14.3 Å². The van der Waals surface area contributed by atoms with Gasteiger partial charge in [-0.2, -0.15) is 0 Å². The summed E-state index contributed by atoms with van der Waals surface area (Å²) in [6.07, 6.45) is 2.40. The number of anilines is 1. The lowest BCUT2D eigenvalue weighted by atomic mass is 9.99. The zero-order valence-corrected chi connectivity index (χ0v) is 22.5. The van der Waals surface area contributed by atoms with Gasteiger partial charge in [-0.1, -0.05) is 18.7 Å². The molecule has 1 aliphatic carbocycles. The maximum absolute atomic E-state index is 13.8. The Morgan fingerprint density at radius 2 is 1.84 bits per heavy atom. The molecule has 1 saturated carbocycles. The van der Waals surface area contributed by atoms with Crippen LogP contribution in [0.25, 0.3) is 15.9 Å². The Morgan fingerprint density at radius 3 is 2.55 bits per heavy atom. The Hall–Kier alpha value is -3.61. The Bertz CT molecular complexity index is 1600. The number of pyridine rings is 2. The molecule has 3 aromatic heterocycles. The fourth-order valence-corrected chi connectivity index (χ4v) is 6.59. The van der Waals surface area contributed by atoms with Crippen LogP contribution >= 0.6 is 11.3 Å². The van der Waals surface area contributed by atoms with Gasteiger partial charge in [-0.25, -0.2) is 9.37 Å². The number of aromatic nitrogens is 3. The van der Waals surface area contributed by atoms with Crippen LogP contribution in [0, 0.1) is 12.4 Å². The summed E-state index contributed by atoms with van der Waals surface area (Å²) in [7, 11) is 1.73. The van der Waals surface area contributed by atoms with Crippen LogP contribution in [0.3, 0.4) is 0 Å². The molecule has 4 aromatic rings. The van der Waals surface area contributed by atoms with Crippen molar-refractivity contribution in [1.29, 1.82) is 0 Å². The van der Waals surface area contributed by atoms with E-state index in [0.29, 0.717) is 29.3 Å². The Balaban J connectivity index is 1.38. The molecule has 1 aromatic carbocycles. The second-order valence-electron chi connectivity index (χ2n) is 10.5. The van der Waals surface area contributed by atoms with Crippen molar-refractivity contribution < 1.29 is 4.39 Å². The summed E-state index contributed by atoms with van der Waals surface area (Å²) in [5, 5.41) is 3.22. The smallest absolute Gasteiger partial charge is 0.270 e. The number of benzene rings is 1. The van der Waals surface area contributed by atoms with E-state index in [-0.39, 0.29) is 29.5 Å². The lowest BCUT2D eigenvalue weighted by Gasteiger charge is -2.47. The first-order valence-corrected chi connectivity index (χ1v) is 13.8. The SMILES string of the molecule is [C-]#[N+]c1ccc2c(n1)c(N1C[C@@H](C)N(C(c3ccc(F)cc3)c3nc(C4CC4)cs3)C[C@@H]1C)cc(=O)n2C.